The number of nitrogens with zero attached hydrogens (tertiary/aromatic N) is 2. The minimum Gasteiger partial charge on any atom is -0.411 e. The quantitative estimate of drug-likeness (QED) is 0.472. The molecule has 0 aliphatic carbocycles. The molecule has 0 spiro atoms. The summed E-state index contributed by atoms with van der Waals surface area (Å²) in [7, 11) is 0. The molecular formula is C13H12N2O. The molecule has 0 amide bonds. The van der Waals surface area contributed by atoms with Crippen LogP contribution in [0.5, 0.6) is 0 Å². The Kier molecular flexibility index (Phi) is 2.96. The van der Waals surface area contributed by atoms with Crippen molar-refractivity contribution >= 4 is 5.71 Å². The van der Waals surface area contributed by atoms with E-state index in [4.69, 9.17) is 5.21 Å². The maximum absolute atomic E-state index is 8.65. The molecule has 1 aromatic carbocycles. The predicted molar refractivity (Wildman–Crippen MR) is 63.7 cm³/mol. The molecule has 1 heterocycles. The maximum Gasteiger partial charge on any atom is 0.0836 e. The van der Waals surface area contributed by atoms with Gasteiger partial charge in [0, 0.05) is 12.4 Å². The van der Waals surface area contributed by atoms with Crippen molar-refractivity contribution in [3.05, 3.63) is 54.4 Å². The topological polar surface area (TPSA) is 45.5 Å². The van der Waals surface area contributed by atoms with Gasteiger partial charge in [-0.05, 0) is 29.7 Å². The van der Waals surface area contributed by atoms with Crippen LogP contribution in [0.2, 0.25) is 0 Å². The van der Waals surface area contributed by atoms with Gasteiger partial charge < -0.3 is 5.21 Å². The average molecular weight is 212 g/mol. The number of benzene rings is 1. The number of hydrogen-bond donors (Lipinski definition) is 1. The van der Waals surface area contributed by atoms with Gasteiger partial charge >= 0.3 is 0 Å². The Hall–Kier alpha value is -2.16. The molecule has 3 heteroatoms. The standard InChI is InChI=1S/C13H12N2O/c1-10(15-16)11-4-6-12(7-5-11)13-3-2-8-14-9-13/h2-9,16H,1H3. The Morgan fingerprint density at radius 2 is 1.88 bits per heavy atom. The molecule has 0 fully saturated rings. The molecule has 2 aromatic rings. The van der Waals surface area contributed by atoms with Crippen molar-refractivity contribution in [1.82, 2.24) is 4.98 Å². The zero-order valence-corrected chi connectivity index (χ0v) is 8.96. The minimum absolute atomic E-state index is 0.609. The second kappa shape index (κ2) is 4.57. The van der Waals surface area contributed by atoms with Gasteiger partial charge in [-0.3, -0.25) is 4.98 Å². The molecule has 3 nitrogen and oxygen atoms in total. The van der Waals surface area contributed by atoms with Gasteiger partial charge in [-0.25, -0.2) is 0 Å². The van der Waals surface area contributed by atoms with E-state index in [2.05, 4.69) is 10.1 Å². The maximum atomic E-state index is 8.65. The van der Waals surface area contributed by atoms with Crippen molar-refractivity contribution < 1.29 is 5.21 Å². The van der Waals surface area contributed by atoms with Crippen LogP contribution in [0.3, 0.4) is 0 Å². The van der Waals surface area contributed by atoms with Crippen molar-refractivity contribution in [2.75, 3.05) is 0 Å². The van der Waals surface area contributed by atoms with E-state index in [0.717, 1.165) is 16.7 Å². The van der Waals surface area contributed by atoms with Crippen LogP contribution in [0.25, 0.3) is 11.1 Å². The number of pyridine rings is 1. The molecule has 0 unspecified atom stereocenters. The van der Waals surface area contributed by atoms with Crippen molar-refractivity contribution in [2.24, 2.45) is 5.16 Å². The fourth-order valence-corrected chi connectivity index (χ4v) is 1.50. The van der Waals surface area contributed by atoms with Gasteiger partial charge in [0.15, 0.2) is 0 Å². The molecule has 0 aliphatic rings. The summed E-state index contributed by atoms with van der Waals surface area (Å²) in [4.78, 5) is 4.07. The van der Waals surface area contributed by atoms with Crippen LogP contribution >= 0.6 is 0 Å². The summed E-state index contributed by atoms with van der Waals surface area (Å²) in [6.45, 7) is 1.76. The summed E-state index contributed by atoms with van der Waals surface area (Å²) in [6.07, 6.45) is 3.57. The first-order chi connectivity index (χ1) is 7.81. The summed E-state index contributed by atoms with van der Waals surface area (Å²) in [5, 5.41) is 11.8. The molecule has 0 saturated heterocycles. The third-order valence-corrected chi connectivity index (χ3v) is 2.45. The zero-order valence-electron chi connectivity index (χ0n) is 8.96. The SMILES string of the molecule is CC(=NO)c1ccc(-c2cccnc2)cc1. The highest BCUT2D eigenvalue weighted by Crippen LogP contribution is 2.18. The monoisotopic (exact) mass is 212 g/mol. The Bertz CT molecular complexity index is 489. The first kappa shape index (κ1) is 10.4. The third kappa shape index (κ3) is 2.08. The van der Waals surface area contributed by atoms with E-state index >= 15 is 0 Å². The molecule has 16 heavy (non-hydrogen) atoms. The van der Waals surface area contributed by atoms with Crippen LogP contribution in [0, 0.1) is 0 Å². The predicted octanol–water partition coefficient (Wildman–Crippen LogP) is 2.95. The van der Waals surface area contributed by atoms with Gasteiger partial charge in [0.05, 0.1) is 5.71 Å². The van der Waals surface area contributed by atoms with Gasteiger partial charge in [0.25, 0.3) is 0 Å². The second-order valence-electron chi connectivity index (χ2n) is 3.50. The Balaban J connectivity index is 2.34. The first-order valence-corrected chi connectivity index (χ1v) is 5.01. The van der Waals surface area contributed by atoms with E-state index in [0.29, 0.717) is 5.71 Å². The van der Waals surface area contributed by atoms with Crippen LogP contribution in [-0.4, -0.2) is 15.9 Å². The molecule has 0 radical (unpaired) electrons. The van der Waals surface area contributed by atoms with Crippen molar-refractivity contribution in [1.29, 1.82) is 0 Å². The van der Waals surface area contributed by atoms with E-state index < -0.39 is 0 Å². The summed E-state index contributed by atoms with van der Waals surface area (Å²) >= 11 is 0. The molecule has 1 aromatic heterocycles. The van der Waals surface area contributed by atoms with Crippen LogP contribution in [0.1, 0.15) is 12.5 Å². The fraction of sp³-hybridized carbons (Fsp3) is 0.0769. The molecule has 80 valence electrons. The fourth-order valence-electron chi connectivity index (χ4n) is 1.50. The largest absolute Gasteiger partial charge is 0.411 e. The Morgan fingerprint density at radius 1 is 1.12 bits per heavy atom. The third-order valence-electron chi connectivity index (χ3n) is 2.45. The van der Waals surface area contributed by atoms with Crippen LogP contribution in [0.4, 0.5) is 0 Å². The molecule has 0 aliphatic heterocycles. The molecular weight excluding hydrogens is 200 g/mol. The van der Waals surface area contributed by atoms with Crippen molar-refractivity contribution in [3.63, 3.8) is 0 Å². The van der Waals surface area contributed by atoms with E-state index in [1.54, 1.807) is 13.1 Å². The smallest absolute Gasteiger partial charge is 0.0836 e. The van der Waals surface area contributed by atoms with Gasteiger partial charge in [0.1, 0.15) is 0 Å². The van der Waals surface area contributed by atoms with Gasteiger partial charge in [0.2, 0.25) is 0 Å². The zero-order chi connectivity index (χ0) is 11.4. The molecule has 2 rings (SSSR count). The van der Waals surface area contributed by atoms with E-state index in [-0.39, 0.29) is 0 Å². The van der Waals surface area contributed by atoms with E-state index in [1.807, 2.05) is 42.6 Å². The van der Waals surface area contributed by atoms with Crippen molar-refractivity contribution in [3.8, 4) is 11.1 Å². The van der Waals surface area contributed by atoms with Crippen LogP contribution < -0.4 is 0 Å². The summed E-state index contributed by atoms with van der Waals surface area (Å²) in [5.41, 5.74) is 3.70. The second-order valence-corrected chi connectivity index (χ2v) is 3.50. The Morgan fingerprint density at radius 3 is 2.44 bits per heavy atom. The lowest BCUT2D eigenvalue weighted by Gasteiger charge is -2.02. The summed E-state index contributed by atoms with van der Waals surface area (Å²) in [6, 6.07) is 11.7. The molecule has 0 bridgehead atoms. The highest BCUT2D eigenvalue weighted by atomic mass is 16.4. The number of hydrogen-bond acceptors (Lipinski definition) is 3. The van der Waals surface area contributed by atoms with Crippen LogP contribution in [0.15, 0.2) is 53.9 Å². The number of oxime groups is 1. The van der Waals surface area contributed by atoms with E-state index in [9.17, 15) is 0 Å². The molecule has 0 atom stereocenters. The van der Waals surface area contributed by atoms with Crippen LogP contribution in [-0.2, 0) is 0 Å². The highest BCUT2D eigenvalue weighted by Gasteiger charge is 1.99. The molecule has 1 N–H and O–H groups in total. The van der Waals surface area contributed by atoms with E-state index in [1.165, 1.54) is 0 Å². The number of aromatic nitrogens is 1. The Labute approximate surface area is 94.1 Å². The lowest BCUT2D eigenvalue weighted by Crippen LogP contribution is -1.93. The molecule has 0 saturated carbocycles. The van der Waals surface area contributed by atoms with Gasteiger partial charge in [-0.15, -0.1) is 0 Å². The lowest BCUT2D eigenvalue weighted by atomic mass is 10.0. The normalized spacial score (nSPS) is 11.4. The first-order valence-electron chi connectivity index (χ1n) is 5.01. The van der Waals surface area contributed by atoms with Gasteiger partial charge in [-0.1, -0.05) is 35.5 Å². The average Bonchev–Trinajstić information content (AvgIpc) is 2.39. The summed E-state index contributed by atoms with van der Waals surface area (Å²) in [5.74, 6) is 0. The lowest BCUT2D eigenvalue weighted by molar-refractivity contribution is 0.319. The number of rotatable bonds is 2. The minimum atomic E-state index is 0.609. The highest BCUT2D eigenvalue weighted by molar-refractivity contribution is 5.98. The van der Waals surface area contributed by atoms with Crippen molar-refractivity contribution in [2.45, 2.75) is 6.92 Å². The van der Waals surface area contributed by atoms with Gasteiger partial charge in [-0.2, -0.15) is 0 Å². The summed E-state index contributed by atoms with van der Waals surface area (Å²) < 4.78 is 0.